The summed E-state index contributed by atoms with van der Waals surface area (Å²) in [5, 5.41) is 3.62. The second-order valence-electron chi connectivity index (χ2n) is 6.44. The van der Waals surface area contributed by atoms with Crippen LogP contribution in [0.15, 0.2) is 54.6 Å². The molecule has 0 spiro atoms. The van der Waals surface area contributed by atoms with E-state index in [0.717, 1.165) is 24.3 Å². The molecule has 0 atom stereocenters. The molecule has 1 aliphatic heterocycles. The zero-order valence-corrected chi connectivity index (χ0v) is 15.2. The fourth-order valence-electron chi connectivity index (χ4n) is 3.07. The Kier molecular flexibility index (Phi) is 5.34. The van der Waals surface area contributed by atoms with Crippen LogP contribution in [0.1, 0.15) is 0 Å². The number of carbonyl (C=O) groups excluding carboxylic acids is 1. The van der Waals surface area contributed by atoms with E-state index in [9.17, 15) is 9.18 Å². The molecule has 1 aliphatic rings. The minimum absolute atomic E-state index is 0.167. The van der Waals surface area contributed by atoms with E-state index in [0.29, 0.717) is 30.2 Å². The summed E-state index contributed by atoms with van der Waals surface area (Å²) in [5.74, 6) is 0.726. The van der Waals surface area contributed by atoms with E-state index >= 15 is 0 Å². The summed E-state index contributed by atoms with van der Waals surface area (Å²) < 4.78 is 24.1. The molecule has 3 aromatic rings. The maximum atomic E-state index is 13.0. The highest BCUT2D eigenvalue weighted by Crippen LogP contribution is 2.27. The van der Waals surface area contributed by atoms with Gasteiger partial charge in [-0.15, -0.1) is 0 Å². The number of nitrogens with one attached hydrogen (secondary N) is 1. The van der Waals surface area contributed by atoms with Gasteiger partial charge in [-0.2, -0.15) is 0 Å². The van der Waals surface area contributed by atoms with Gasteiger partial charge in [0, 0.05) is 24.2 Å². The molecule has 4 rings (SSSR count). The van der Waals surface area contributed by atoms with Crippen LogP contribution in [-0.2, 0) is 9.53 Å². The van der Waals surface area contributed by atoms with Crippen molar-refractivity contribution in [1.82, 2.24) is 4.98 Å². The summed E-state index contributed by atoms with van der Waals surface area (Å²) in [6, 6.07) is 15.2. The lowest BCUT2D eigenvalue weighted by Crippen LogP contribution is -2.36. The molecule has 0 saturated carbocycles. The zero-order chi connectivity index (χ0) is 19.3. The zero-order valence-electron chi connectivity index (χ0n) is 15.2. The van der Waals surface area contributed by atoms with Crippen LogP contribution in [0.3, 0.4) is 0 Å². The highest BCUT2D eigenvalue weighted by molar-refractivity contribution is 5.92. The van der Waals surface area contributed by atoms with Gasteiger partial charge >= 0.3 is 0 Å². The van der Waals surface area contributed by atoms with Gasteiger partial charge in [0.25, 0.3) is 5.91 Å². The number of hydrogen-bond donors (Lipinski definition) is 1. The van der Waals surface area contributed by atoms with Crippen LogP contribution in [0, 0.1) is 5.82 Å². The van der Waals surface area contributed by atoms with Gasteiger partial charge in [-0.3, -0.25) is 4.79 Å². The minimum atomic E-state index is -0.354. The third-order valence-corrected chi connectivity index (χ3v) is 4.49. The van der Waals surface area contributed by atoms with Crippen molar-refractivity contribution >= 4 is 28.3 Å². The van der Waals surface area contributed by atoms with E-state index < -0.39 is 0 Å². The first-order chi connectivity index (χ1) is 13.7. The molecule has 0 bridgehead atoms. The van der Waals surface area contributed by atoms with Gasteiger partial charge in [-0.25, -0.2) is 9.37 Å². The van der Waals surface area contributed by atoms with Gasteiger partial charge in [-0.05, 0) is 42.5 Å². The van der Waals surface area contributed by atoms with Crippen molar-refractivity contribution in [2.24, 2.45) is 0 Å². The highest BCUT2D eigenvalue weighted by atomic mass is 19.1. The molecule has 1 N–H and O–H groups in total. The molecule has 1 saturated heterocycles. The molecule has 2 heterocycles. The van der Waals surface area contributed by atoms with Crippen molar-refractivity contribution in [1.29, 1.82) is 0 Å². The van der Waals surface area contributed by atoms with E-state index in [2.05, 4.69) is 10.2 Å². The number of hydrogen-bond acceptors (Lipinski definition) is 5. The fraction of sp³-hybridized carbons (Fsp3) is 0.238. The summed E-state index contributed by atoms with van der Waals surface area (Å²) >= 11 is 0. The first kappa shape index (κ1) is 18.2. The van der Waals surface area contributed by atoms with Crippen molar-refractivity contribution in [2.75, 3.05) is 43.1 Å². The number of morpholine rings is 1. The maximum absolute atomic E-state index is 13.0. The Bertz CT molecular complexity index is 972. The van der Waals surface area contributed by atoms with Crippen molar-refractivity contribution in [2.45, 2.75) is 0 Å². The van der Waals surface area contributed by atoms with Crippen LogP contribution in [0.2, 0.25) is 0 Å². The van der Waals surface area contributed by atoms with Crippen LogP contribution in [-0.4, -0.2) is 43.8 Å². The molecular weight excluding hydrogens is 361 g/mol. The van der Waals surface area contributed by atoms with E-state index in [4.69, 9.17) is 14.5 Å². The predicted molar refractivity (Wildman–Crippen MR) is 105 cm³/mol. The number of para-hydroxylation sites is 1. The number of benzene rings is 2. The smallest absolute Gasteiger partial charge is 0.262 e. The Balaban J connectivity index is 1.48. The van der Waals surface area contributed by atoms with E-state index in [1.165, 1.54) is 24.3 Å². The minimum Gasteiger partial charge on any atom is -0.481 e. The van der Waals surface area contributed by atoms with Gasteiger partial charge < -0.3 is 19.7 Å². The summed E-state index contributed by atoms with van der Waals surface area (Å²) in [4.78, 5) is 19.1. The number of halogens is 1. The maximum Gasteiger partial charge on any atom is 0.262 e. The lowest BCUT2D eigenvalue weighted by atomic mass is 10.2. The first-order valence-electron chi connectivity index (χ1n) is 9.10. The number of fused-ring (bicyclic) bond motifs is 1. The Morgan fingerprint density at radius 3 is 2.68 bits per heavy atom. The van der Waals surface area contributed by atoms with Gasteiger partial charge in [0.05, 0.1) is 13.2 Å². The number of amides is 1. The average molecular weight is 381 g/mol. The highest BCUT2D eigenvalue weighted by Gasteiger charge is 2.14. The second-order valence-corrected chi connectivity index (χ2v) is 6.44. The Morgan fingerprint density at radius 1 is 1.11 bits per heavy atom. The summed E-state index contributed by atoms with van der Waals surface area (Å²) in [7, 11) is 0. The molecule has 2 aromatic carbocycles. The van der Waals surface area contributed by atoms with Crippen LogP contribution in [0.5, 0.6) is 5.75 Å². The quantitative estimate of drug-likeness (QED) is 0.735. The van der Waals surface area contributed by atoms with E-state index in [1.54, 1.807) is 6.07 Å². The van der Waals surface area contributed by atoms with Crippen molar-refractivity contribution < 1.29 is 18.7 Å². The van der Waals surface area contributed by atoms with Crippen LogP contribution < -0.4 is 15.0 Å². The molecule has 1 amide bonds. The normalized spacial score (nSPS) is 14.1. The lowest BCUT2D eigenvalue weighted by molar-refractivity contribution is -0.118. The van der Waals surface area contributed by atoms with E-state index in [-0.39, 0.29) is 18.3 Å². The number of carbonyl (C=O) groups is 1. The summed E-state index contributed by atoms with van der Waals surface area (Å²) in [6.07, 6.45) is 0. The molecule has 7 heteroatoms. The van der Waals surface area contributed by atoms with Gasteiger partial charge in [-0.1, -0.05) is 12.1 Å². The first-order valence-corrected chi connectivity index (χ1v) is 9.10. The van der Waals surface area contributed by atoms with Gasteiger partial charge in [0.2, 0.25) is 0 Å². The number of ether oxygens (including phenoxy) is 2. The van der Waals surface area contributed by atoms with Crippen molar-refractivity contribution in [3.05, 3.63) is 60.4 Å². The standard InChI is InChI=1S/C21H20FN3O3/c22-16-5-7-17(8-6-16)23-20(26)14-28-18-3-1-2-15-4-9-19(24-21(15)18)25-10-12-27-13-11-25/h1-9H,10-14H2,(H,23,26). The molecule has 6 nitrogen and oxygen atoms in total. The third kappa shape index (κ3) is 4.20. The monoisotopic (exact) mass is 381 g/mol. The van der Waals surface area contributed by atoms with Crippen molar-refractivity contribution in [3.8, 4) is 5.75 Å². The lowest BCUT2D eigenvalue weighted by Gasteiger charge is -2.28. The number of rotatable bonds is 5. The van der Waals surface area contributed by atoms with Gasteiger partial charge in [0.1, 0.15) is 22.9 Å². The molecule has 28 heavy (non-hydrogen) atoms. The molecule has 0 radical (unpaired) electrons. The van der Waals surface area contributed by atoms with Gasteiger partial charge in [0.15, 0.2) is 6.61 Å². The topological polar surface area (TPSA) is 63.7 Å². The molecule has 1 aromatic heterocycles. The van der Waals surface area contributed by atoms with E-state index in [1.807, 2.05) is 24.3 Å². The molecule has 144 valence electrons. The fourth-order valence-corrected chi connectivity index (χ4v) is 3.07. The Hall–Kier alpha value is -3.19. The van der Waals surface area contributed by atoms with Crippen LogP contribution in [0.25, 0.3) is 10.9 Å². The Morgan fingerprint density at radius 2 is 1.89 bits per heavy atom. The third-order valence-electron chi connectivity index (χ3n) is 4.49. The largest absolute Gasteiger partial charge is 0.481 e. The van der Waals surface area contributed by atoms with Crippen molar-refractivity contribution in [3.63, 3.8) is 0 Å². The number of nitrogens with zero attached hydrogens (tertiary/aromatic N) is 2. The second kappa shape index (κ2) is 8.22. The van der Waals surface area contributed by atoms with Crippen LogP contribution >= 0.6 is 0 Å². The molecular formula is C21H20FN3O3. The number of aromatic nitrogens is 1. The predicted octanol–water partition coefficient (Wildman–Crippen LogP) is 3.23. The number of anilines is 2. The average Bonchev–Trinajstić information content (AvgIpc) is 2.74. The Labute approximate surface area is 161 Å². The summed E-state index contributed by atoms with van der Waals surface area (Å²) in [6.45, 7) is 2.78. The summed E-state index contributed by atoms with van der Waals surface area (Å²) in [5.41, 5.74) is 1.22. The number of pyridine rings is 1. The molecule has 1 fully saturated rings. The van der Waals surface area contributed by atoms with Crippen LogP contribution in [0.4, 0.5) is 15.9 Å². The molecule has 0 unspecified atom stereocenters. The molecule has 0 aliphatic carbocycles. The SMILES string of the molecule is O=C(COc1cccc2ccc(N3CCOCC3)nc12)Nc1ccc(F)cc1.